The van der Waals surface area contributed by atoms with Crippen LogP contribution >= 0.6 is 11.6 Å². The lowest BCUT2D eigenvalue weighted by molar-refractivity contribution is 0.0948. The van der Waals surface area contributed by atoms with Crippen LogP contribution in [-0.4, -0.2) is 38.1 Å². The highest BCUT2D eigenvalue weighted by Gasteiger charge is 2.11. The molecule has 0 aliphatic rings. The van der Waals surface area contributed by atoms with E-state index in [9.17, 15) is 9.00 Å². The van der Waals surface area contributed by atoms with Gasteiger partial charge >= 0.3 is 0 Å². The molecule has 0 aliphatic heterocycles. The lowest BCUT2D eigenvalue weighted by Crippen LogP contribution is -2.33. The predicted octanol–water partition coefficient (Wildman–Crippen LogP) is 0.627. The highest BCUT2D eigenvalue weighted by molar-refractivity contribution is 7.84. The summed E-state index contributed by atoms with van der Waals surface area (Å²) in [6, 6.07) is 0. The van der Waals surface area contributed by atoms with Gasteiger partial charge in [-0.15, -0.1) is 0 Å². The van der Waals surface area contributed by atoms with Gasteiger partial charge < -0.3 is 5.32 Å². The van der Waals surface area contributed by atoms with E-state index in [0.717, 1.165) is 0 Å². The molecule has 2 unspecified atom stereocenters. The first-order chi connectivity index (χ1) is 7.50. The molecular formula is C9H12ClN3O2S. The molecule has 2 atom stereocenters. The Balaban J connectivity index is 2.56. The van der Waals surface area contributed by atoms with Crippen LogP contribution in [0.3, 0.4) is 0 Å². The van der Waals surface area contributed by atoms with E-state index < -0.39 is 10.8 Å². The molecule has 1 heterocycles. The average molecular weight is 262 g/mol. The van der Waals surface area contributed by atoms with Crippen LogP contribution in [0.2, 0.25) is 5.15 Å². The van der Waals surface area contributed by atoms with Gasteiger partial charge in [-0.25, -0.2) is 4.98 Å². The fourth-order valence-electron chi connectivity index (χ4n) is 0.896. The number of hydrogen-bond acceptors (Lipinski definition) is 4. The number of hydrogen-bond donors (Lipinski definition) is 1. The van der Waals surface area contributed by atoms with Crippen LogP contribution in [-0.2, 0) is 10.8 Å². The van der Waals surface area contributed by atoms with Gasteiger partial charge in [0.25, 0.3) is 5.91 Å². The Bertz CT molecular complexity index is 413. The highest BCUT2D eigenvalue weighted by Crippen LogP contribution is 2.02. The summed E-state index contributed by atoms with van der Waals surface area (Å²) >= 11 is 5.60. The Labute approximate surface area is 101 Å². The van der Waals surface area contributed by atoms with Crippen molar-refractivity contribution in [1.82, 2.24) is 15.3 Å². The first kappa shape index (κ1) is 13.1. The van der Waals surface area contributed by atoms with Gasteiger partial charge in [-0.1, -0.05) is 11.6 Å². The second-order valence-corrected chi connectivity index (χ2v) is 5.44. The Morgan fingerprint density at radius 3 is 2.88 bits per heavy atom. The summed E-state index contributed by atoms with van der Waals surface area (Å²) in [4.78, 5) is 19.1. The molecule has 7 heteroatoms. The molecule has 16 heavy (non-hydrogen) atoms. The van der Waals surface area contributed by atoms with E-state index in [4.69, 9.17) is 11.6 Å². The summed E-state index contributed by atoms with van der Waals surface area (Å²) in [5.74, 6) is -0.368. The summed E-state index contributed by atoms with van der Waals surface area (Å²) in [6.07, 6.45) is 4.27. The Kier molecular flexibility index (Phi) is 4.82. The summed E-state index contributed by atoms with van der Waals surface area (Å²) in [5.41, 5.74) is 0.154. The number of amides is 1. The Hall–Kier alpha value is -1.01. The lowest BCUT2D eigenvalue weighted by atomic mass is 10.4. The number of aromatic nitrogens is 2. The zero-order chi connectivity index (χ0) is 12.1. The molecule has 0 radical (unpaired) electrons. The minimum Gasteiger partial charge on any atom is -0.349 e. The van der Waals surface area contributed by atoms with Crippen molar-refractivity contribution in [2.75, 3.05) is 12.8 Å². The SMILES string of the molecule is CC(CNC(=O)c1cncc(Cl)n1)S(C)=O. The number of carbonyl (C=O) groups excluding carboxylic acids is 1. The van der Waals surface area contributed by atoms with Gasteiger partial charge in [0.15, 0.2) is 0 Å². The summed E-state index contributed by atoms with van der Waals surface area (Å²) in [6.45, 7) is 2.12. The average Bonchev–Trinajstić information content (AvgIpc) is 2.25. The Morgan fingerprint density at radius 2 is 2.31 bits per heavy atom. The largest absolute Gasteiger partial charge is 0.349 e. The summed E-state index contributed by atoms with van der Waals surface area (Å²) in [7, 11) is -0.964. The van der Waals surface area contributed by atoms with E-state index in [2.05, 4.69) is 15.3 Å². The van der Waals surface area contributed by atoms with Gasteiger partial charge in [-0.3, -0.25) is 14.0 Å². The molecule has 0 saturated heterocycles. The third-order valence-electron chi connectivity index (χ3n) is 1.95. The molecule has 0 aliphatic carbocycles. The van der Waals surface area contributed by atoms with Crippen LogP contribution in [0.25, 0.3) is 0 Å². The fourth-order valence-corrected chi connectivity index (χ4v) is 1.36. The number of nitrogens with zero attached hydrogens (tertiary/aromatic N) is 2. The van der Waals surface area contributed by atoms with Gasteiger partial charge in [-0.05, 0) is 6.92 Å². The van der Waals surface area contributed by atoms with Gasteiger partial charge in [0.2, 0.25) is 0 Å². The van der Waals surface area contributed by atoms with Crippen molar-refractivity contribution in [3.63, 3.8) is 0 Å². The summed E-state index contributed by atoms with van der Waals surface area (Å²) < 4.78 is 11.1. The quantitative estimate of drug-likeness (QED) is 0.863. The zero-order valence-electron chi connectivity index (χ0n) is 8.94. The van der Waals surface area contributed by atoms with Crippen molar-refractivity contribution in [2.45, 2.75) is 12.2 Å². The van der Waals surface area contributed by atoms with E-state index in [1.165, 1.54) is 12.4 Å². The molecular weight excluding hydrogens is 250 g/mol. The first-order valence-electron chi connectivity index (χ1n) is 4.58. The summed E-state index contributed by atoms with van der Waals surface area (Å²) in [5, 5.41) is 2.68. The highest BCUT2D eigenvalue weighted by atomic mass is 35.5. The molecule has 0 bridgehead atoms. The van der Waals surface area contributed by atoms with E-state index in [-0.39, 0.29) is 22.0 Å². The maximum Gasteiger partial charge on any atom is 0.271 e. The maximum absolute atomic E-state index is 11.6. The lowest BCUT2D eigenvalue weighted by Gasteiger charge is -2.09. The predicted molar refractivity (Wildman–Crippen MR) is 62.9 cm³/mol. The monoisotopic (exact) mass is 261 g/mol. The smallest absolute Gasteiger partial charge is 0.271 e. The minimum absolute atomic E-state index is 0.101. The van der Waals surface area contributed by atoms with Crippen LogP contribution in [0.5, 0.6) is 0 Å². The minimum atomic E-state index is -0.964. The van der Waals surface area contributed by atoms with Crippen LogP contribution in [0.15, 0.2) is 12.4 Å². The van der Waals surface area contributed by atoms with Crippen molar-refractivity contribution in [3.05, 3.63) is 23.2 Å². The van der Waals surface area contributed by atoms with Crippen LogP contribution < -0.4 is 5.32 Å². The number of nitrogens with one attached hydrogen (secondary N) is 1. The normalized spacial score (nSPS) is 14.2. The van der Waals surface area contributed by atoms with Crippen molar-refractivity contribution in [3.8, 4) is 0 Å². The molecule has 1 amide bonds. The second-order valence-electron chi connectivity index (χ2n) is 3.25. The molecule has 0 fully saturated rings. The first-order valence-corrected chi connectivity index (χ1v) is 6.58. The van der Waals surface area contributed by atoms with E-state index in [1.54, 1.807) is 13.2 Å². The van der Waals surface area contributed by atoms with Crippen LogP contribution in [0.4, 0.5) is 0 Å². The van der Waals surface area contributed by atoms with Gasteiger partial charge in [-0.2, -0.15) is 0 Å². The molecule has 0 aromatic carbocycles. The van der Waals surface area contributed by atoms with E-state index in [0.29, 0.717) is 6.54 Å². The van der Waals surface area contributed by atoms with Crippen LogP contribution in [0, 0.1) is 0 Å². The molecule has 0 saturated carbocycles. The van der Waals surface area contributed by atoms with E-state index in [1.807, 2.05) is 0 Å². The van der Waals surface area contributed by atoms with E-state index >= 15 is 0 Å². The topological polar surface area (TPSA) is 72.0 Å². The fraction of sp³-hybridized carbons (Fsp3) is 0.444. The third-order valence-corrected chi connectivity index (χ3v) is 3.44. The molecule has 1 rings (SSSR count). The molecule has 0 spiro atoms. The number of carbonyl (C=O) groups is 1. The zero-order valence-corrected chi connectivity index (χ0v) is 10.5. The molecule has 1 N–H and O–H groups in total. The van der Waals surface area contributed by atoms with Crippen LogP contribution in [0.1, 0.15) is 17.4 Å². The van der Waals surface area contributed by atoms with Crippen molar-refractivity contribution in [2.24, 2.45) is 0 Å². The number of halogens is 1. The second kappa shape index (κ2) is 5.91. The van der Waals surface area contributed by atoms with Crippen molar-refractivity contribution < 1.29 is 9.00 Å². The molecule has 5 nitrogen and oxygen atoms in total. The van der Waals surface area contributed by atoms with Crippen molar-refractivity contribution in [1.29, 1.82) is 0 Å². The van der Waals surface area contributed by atoms with Gasteiger partial charge in [0.05, 0.1) is 12.4 Å². The van der Waals surface area contributed by atoms with Gasteiger partial charge in [0, 0.05) is 28.9 Å². The standard InChI is InChI=1S/C9H12ClN3O2S/c1-6(16(2)15)3-12-9(14)7-4-11-5-8(10)13-7/h4-6H,3H2,1-2H3,(H,12,14). The Morgan fingerprint density at radius 1 is 1.62 bits per heavy atom. The molecule has 88 valence electrons. The number of rotatable bonds is 4. The van der Waals surface area contributed by atoms with Crippen molar-refractivity contribution >= 4 is 28.3 Å². The molecule has 1 aromatic rings. The third kappa shape index (κ3) is 3.86. The molecule has 1 aromatic heterocycles. The maximum atomic E-state index is 11.6. The van der Waals surface area contributed by atoms with Gasteiger partial charge in [0.1, 0.15) is 10.8 Å².